The fraction of sp³-hybridized carbons (Fsp3) is 0.750. The minimum Gasteiger partial charge on any atom is -0.211 e. The summed E-state index contributed by atoms with van der Waals surface area (Å²) in [6, 6.07) is 0.0671. The maximum absolute atomic E-state index is 9.46. The van der Waals surface area contributed by atoms with Crippen LogP contribution in [0.5, 0.6) is 0 Å². The normalized spacial score (nSPS) is 12.3. The summed E-state index contributed by atoms with van der Waals surface area (Å²) in [6.45, 7) is 1.83. The van der Waals surface area contributed by atoms with E-state index in [0.29, 0.717) is 0 Å². The van der Waals surface area contributed by atoms with Crippen LogP contribution in [0.2, 0.25) is 0 Å². The number of alkyl halides is 1. The smallest absolute Gasteiger partial charge is 0.211 e. The van der Waals surface area contributed by atoms with E-state index in [4.69, 9.17) is 0 Å². The van der Waals surface area contributed by atoms with Gasteiger partial charge in [-0.2, -0.15) is 0 Å². The first kappa shape index (κ1) is 6.86. The molecule has 0 spiro atoms. The topological polar surface area (TPSA) is 29.4 Å². The van der Waals surface area contributed by atoms with E-state index in [1.807, 2.05) is 6.92 Å². The van der Waals surface area contributed by atoms with E-state index in [0.717, 1.165) is 5.33 Å². The van der Waals surface area contributed by atoms with Gasteiger partial charge in [0.15, 0.2) is 0 Å². The molecule has 2 nitrogen and oxygen atoms in total. The minimum atomic E-state index is 0.0671. The molecule has 0 radical (unpaired) electrons. The third-order valence-electron chi connectivity index (χ3n) is 0.496. The van der Waals surface area contributed by atoms with Crippen molar-refractivity contribution in [1.82, 2.24) is 0 Å². The lowest BCUT2D eigenvalue weighted by atomic mass is 10.4. The first-order valence-corrected chi connectivity index (χ1v) is 3.06. The van der Waals surface area contributed by atoms with E-state index in [1.54, 1.807) is 0 Å². The van der Waals surface area contributed by atoms with Gasteiger partial charge in [-0.25, -0.2) is 9.79 Å². The molecule has 0 bridgehead atoms. The Hall–Kier alpha value is -0.140. The zero-order chi connectivity index (χ0) is 5.70. The summed E-state index contributed by atoms with van der Waals surface area (Å²) in [4.78, 5) is 12.9. The molecular weight excluding hydrogens is 158 g/mol. The summed E-state index contributed by atoms with van der Waals surface area (Å²) < 4.78 is 0. The lowest BCUT2D eigenvalue weighted by Gasteiger charge is -1.90. The molecule has 40 valence electrons. The number of hydrogen-bond acceptors (Lipinski definition) is 2. The molecule has 0 aliphatic carbocycles. The monoisotopic (exact) mass is 163 g/mol. The summed E-state index contributed by atoms with van der Waals surface area (Å²) in [5.41, 5.74) is 0. The number of hydrogen-bond donors (Lipinski definition) is 0. The van der Waals surface area contributed by atoms with Crippen molar-refractivity contribution in [2.24, 2.45) is 4.99 Å². The Morgan fingerprint density at radius 2 is 2.57 bits per heavy atom. The average molecular weight is 164 g/mol. The largest absolute Gasteiger partial charge is 0.235 e. The van der Waals surface area contributed by atoms with Crippen LogP contribution in [0.1, 0.15) is 6.92 Å². The molecule has 0 aromatic heterocycles. The van der Waals surface area contributed by atoms with Crippen molar-refractivity contribution in [2.75, 3.05) is 5.33 Å². The van der Waals surface area contributed by atoms with Crippen LogP contribution in [0.3, 0.4) is 0 Å². The van der Waals surface area contributed by atoms with Crippen LogP contribution < -0.4 is 0 Å². The molecule has 0 aliphatic rings. The zero-order valence-electron chi connectivity index (χ0n) is 4.02. The van der Waals surface area contributed by atoms with Crippen molar-refractivity contribution < 1.29 is 4.79 Å². The van der Waals surface area contributed by atoms with Crippen LogP contribution in [0.15, 0.2) is 4.99 Å². The first-order valence-electron chi connectivity index (χ1n) is 1.94. The predicted molar refractivity (Wildman–Crippen MR) is 31.4 cm³/mol. The van der Waals surface area contributed by atoms with E-state index >= 15 is 0 Å². The van der Waals surface area contributed by atoms with Crippen molar-refractivity contribution in [1.29, 1.82) is 0 Å². The van der Waals surface area contributed by atoms with E-state index in [1.165, 1.54) is 6.08 Å². The molecule has 0 aliphatic heterocycles. The van der Waals surface area contributed by atoms with E-state index < -0.39 is 0 Å². The van der Waals surface area contributed by atoms with Gasteiger partial charge in [0, 0.05) is 5.33 Å². The highest BCUT2D eigenvalue weighted by Gasteiger charge is 1.90. The second-order valence-corrected chi connectivity index (χ2v) is 1.87. The van der Waals surface area contributed by atoms with Crippen LogP contribution >= 0.6 is 15.9 Å². The van der Waals surface area contributed by atoms with Crippen molar-refractivity contribution in [3.8, 4) is 0 Å². The summed E-state index contributed by atoms with van der Waals surface area (Å²) >= 11 is 3.14. The molecule has 0 saturated carbocycles. The average Bonchev–Trinajstić information content (AvgIpc) is 1.68. The number of halogens is 1. The molecule has 0 aromatic rings. The van der Waals surface area contributed by atoms with Gasteiger partial charge in [-0.15, -0.1) is 0 Å². The molecular formula is C4H6BrNO. The molecule has 0 rings (SSSR count). The molecule has 1 unspecified atom stereocenters. The zero-order valence-corrected chi connectivity index (χ0v) is 5.60. The van der Waals surface area contributed by atoms with E-state index in [9.17, 15) is 4.79 Å². The van der Waals surface area contributed by atoms with Gasteiger partial charge in [-0.05, 0) is 6.92 Å². The molecule has 3 heteroatoms. The number of isocyanates is 1. The Labute approximate surface area is 50.8 Å². The van der Waals surface area contributed by atoms with Gasteiger partial charge in [-0.1, -0.05) is 15.9 Å². The summed E-state index contributed by atoms with van der Waals surface area (Å²) in [7, 11) is 0. The van der Waals surface area contributed by atoms with Crippen LogP contribution in [0.25, 0.3) is 0 Å². The number of nitrogens with zero attached hydrogens (tertiary/aromatic N) is 1. The van der Waals surface area contributed by atoms with Gasteiger partial charge in [-0.3, -0.25) is 0 Å². The van der Waals surface area contributed by atoms with E-state index in [-0.39, 0.29) is 6.04 Å². The fourth-order valence-electron chi connectivity index (χ4n) is 0.124. The van der Waals surface area contributed by atoms with Gasteiger partial charge < -0.3 is 0 Å². The van der Waals surface area contributed by atoms with Crippen LogP contribution in [-0.4, -0.2) is 17.5 Å². The Bertz CT molecular complexity index is 87.7. The van der Waals surface area contributed by atoms with Gasteiger partial charge in [0.05, 0.1) is 6.04 Å². The Balaban J connectivity index is 3.35. The number of carbonyl (C=O) groups excluding carboxylic acids is 1. The lowest BCUT2D eigenvalue weighted by molar-refractivity contribution is 0.560. The van der Waals surface area contributed by atoms with Crippen LogP contribution in [0.4, 0.5) is 0 Å². The van der Waals surface area contributed by atoms with Crippen molar-refractivity contribution in [3.05, 3.63) is 0 Å². The van der Waals surface area contributed by atoms with Crippen LogP contribution in [-0.2, 0) is 4.79 Å². The number of aliphatic imine (C=N–C) groups is 1. The molecule has 0 aromatic carbocycles. The fourth-order valence-corrected chi connectivity index (χ4v) is 0.269. The van der Waals surface area contributed by atoms with Crippen LogP contribution in [0, 0.1) is 0 Å². The Morgan fingerprint density at radius 1 is 2.00 bits per heavy atom. The van der Waals surface area contributed by atoms with Gasteiger partial charge >= 0.3 is 0 Å². The molecule has 0 fully saturated rings. The highest BCUT2D eigenvalue weighted by Crippen LogP contribution is 1.91. The molecule has 7 heavy (non-hydrogen) atoms. The van der Waals surface area contributed by atoms with Crippen molar-refractivity contribution in [3.63, 3.8) is 0 Å². The predicted octanol–water partition coefficient (Wildman–Crippen LogP) is 1.11. The second kappa shape index (κ2) is 4.03. The first-order chi connectivity index (χ1) is 3.31. The summed E-state index contributed by atoms with van der Waals surface area (Å²) in [5.74, 6) is 0. The summed E-state index contributed by atoms with van der Waals surface area (Å²) in [6.07, 6.45) is 1.46. The van der Waals surface area contributed by atoms with Crippen molar-refractivity contribution in [2.45, 2.75) is 13.0 Å². The molecule has 1 atom stereocenters. The number of rotatable bonds is 2. The standard InChI is InChI=1S/C4H6BrNO/c1-4(2-5)6-3-7/h4H,2H2,1H3. The maximum atomic E-state index is 9.46. The third kappa shape index (κ3) is 3.70. The summed E-state index contributed by atoms with van der Waals surface area (Å²) in [5, 5.41) is 0.724. The highest BCUT2D eigenvalue weighted by molar-refractivity contribution is 9.09. The maximum Gasteiger partial charge on any atom is 0.235 e. The van der Waals surface area contributed by atoms with Crippen molar-refractivity contribution >= 4 is 22.0 Å². The molecule has 0 N–H and O–H groups in total. The minimum absolute atomic E-state index is 0.0671. The Morgan fingerprint density at radius 3 is 2.71 bits per heavy atom. The SMILES string of the molecule is CC(CBr)N=C=O. The lowest BCUT2D eigenvalue weighted by Crippen LogP contribution is -1.96. The van der Waals surface area contributed by atoms with Gasteiger partial charge in [0.25, 0.3) is 0 Å². The van der Waals surface area contributed by atoms with Gasteiger partial charge in [0.2, 0.25) is 6.08 Å². The van der Waals surface area contributed by atoms with Gasteiger partial charge in [0.1, 0.15) is 0 Å². The highest BCUT2D eigenvalue weighted by atomic mass is 79.9. The molecule has 0 heterocycles. The quantitative estimate of drug-likeness (QED) is 0.341. The third-order valence-corrected chi connectivity index (χ3v) is 1.43. The Kier molecular flexibility index (Phi) is 3.95. The second-order valence-electron chi connectivity index (χ2n) is 1.22. The molecule has 0 saturated heterocycles. The molecule has 0 amide bonds. The van der Waals surface area contributed by atoms with E-state index in [2.05, 4.69) is 20.9 Å².